The molecule has 1 aliphatic heterocycles. The molecule has 1 heterocycles. The number of esters is 1. The Kier molecular flexibility index (Phi) is 7.81. The first-order chi connectivity index (χ1) is 14.4. The lowest BCUT2D eigenvalue weighted by molar-refractivity contribution is -0.154. The van der Waals surface area contributed by atoms with Gasteiger partial charge in [0.05, 0.1) is 0 Å². The molecule has 1 aliphatic rings. The highest BCUT2D eigenvalue weighted by Gasteiger charge is 2.49. The molecule has 0 radical (unpaired) electrons. The van der Waals surface area contributed by atoms with Crippen LogP contribution >= 0.6 is 0 Å². The van der Waals surface area contributed by atoms with Crippen molar-refractivity contribution in [3.63, 3.8) is 0 Å². The maximum Gasteiger partial charge on any atom is 0.326 e. The zero-order valence-electron chi connectivity index (χ0n) is 19.2. The van der Waals surface area contributed by atoms with Crippen LogP contribution in [0.4, 0.5) is 4.79 Å². The van der Waals surface area contributed by atoms with Crippen LogP contribution in [0.5, 0.6) is 0 Å². The fourth-order valence-electron chi connectivity index (χ4n) is 3.49. The third kappa shape index (κ3) is 6.06. The fraction of sp³-hybridized carbons (Fsp3) is 0.565. The predicted molar refractivity (Wildman–Crippen MR) is 116 cm³/mol. The number of urea groups is 1. The second-order valence-corrected chi connectivity index (χ2v) is 9.06. The molecule has 1 saturated heterocycles. The van der Waals surface area contributed by atoms with Crippen LogP contribution in [0, 0.1) is 18.8 Å². The number of hydrogen-bond acceptors (Lipinski definition) is 5. The average molecular weight is 432 g/mol. The van der Waals surface area contributed by atoms with Crippen molar-refractivity contribution >= 4 is 23.8 Å². The Morgan fingerprint density at radius 2 is 1.61 bits per heavy atom. The highest BCUT2D eigenvalue weighted by atomic mass is 16.5. The van der Waals surface area contributed by atoms with Crippen LogP contribution in [0.1, 0.15) is 45.7 Å². The van der Waals surface area contributed by atoms with Crippen LogP contribution in [0.3, 0.4) is 0 Å². The molecule has 1 atom stereocenters. The second-order valence-electron chi connectivity index (χ2n) is 9.06. The van der Waals surface area contributed by atoms with Crippen molar-refractivity contribution in [3.8, 4) is 0 Å². The minimum absolute atomic E-state index is 0.281. The van der Waals surface area contributed by atoms with E-state index in [1.807, 2.05) is 46.8 Å². The summed E-state index contributed by atoms with van der Waals surface area (Å²) < 4.78 is 5.09. The van der Waals surface area contributed by atoms with Crippen LogP contribution in [0.15, 0.2) is 24.3 Å². The number of carbonyl (C=O) groups is 4. The van der Waals surface area contributed by atoms with Crippen molar-refractivity contribution in [2.75, 3.05) is 26.2 Å². The van der Waals surface area contributed by atoms with E-state index in [0.717, 1.165) is 10.5 Å². The standard InChI is InChI=1S/C23H33N3O5/c1-15(2)11-25(12-16(3)4)19(27)14-31-20(28)13-26-21(29)23(6,24-22(26)30)18-9-7-17(5)8-10-18/h7-10,15-16H,11-14H2,1-6H3,(H,24,30)/t23-/m1/s1. The zero-order valence-corrected chi connectivity index (χ0v) is 19.2. The monoisotopic (exact) mass is 431 g/mol. The van der Waals surface area contributed by atoms with Crippen molar-refractivity contribution in [2.45, 2.75) is 47.1 Å². The van der Waals surface area contributed by atoms with E-state index in [4.69, 9.17) is 4.74 Å². The summed E-state index contributed by atoms with van der Waals surface area (Å²) in [6.45, 7) is 11.7. The SMILES string of the molecule is Cc1ccc([C@@]2(C)NC(=O)N(CC(=O)OCC(=O)N(CC(C)C)CC(C)C)C2=O)cc1. The van der Waals surface area contributed by atoms with Crippen LogP contribution in [-0.2, 0) is 24.7 Å². The normalized spacial score (nSPS) is 18.5. The molecule has 170 valence electrons. The van der Waals surface area contributed by atoms with E-state index < -0.39 is 36.6 Å². The first-order valence-electron chi connectivity index (χ1n) is 10.6. The van der Waals surface area contributed by atoms with E-state index in [1.54, 1.807) is 24.0 Å². The minimum atomic E-state index is -1.26. The maximum atomic E-state index is 12.9. The van der Waals surface area contributed by atoms with Crippen molar-refractivity contribution in [1.29, 1.82) is 0 Å². The molecule has 0 saturated carbocycles. The summed E-state index contributed by atoms with van der Waals surface area (Å²) in [4.78, 5) is 52.6. The number of rotatable bonds is 9. The number of nitrogens with zero attached hydrogens (tertiary/aromatic N) is 2. The van der Waals surface area contributed by atoms with E-state index in [-0.39, 0.29) is 17.7 Å². The number of benzene rings is 1. The lowest BCUT2D eigenvalue weighted by Gasteiger charge is -2.26. The Balaban J connectivity index is 1.98. The zero-order chi connectivity index (χ0) is 23.3. The van der Waals surface area contributed by atoms with Gasteiger partial charge in [-0.3, -0.25) is 19.3 Å². The van der Waals surface area contributed by atoms with Gasteiger partial charge in [0.15, 0.2) is 6.61 Å². The molecule has 31 heavy (non-hydrogen) atoms. The van der Waals surface area contributed by atoms with Gasteiger partial charge in [0, 0.05) is 13.1 Å². The van der Waals surface area contributed by atoms with E-state index in [0.29, 0.717) is 18.7 Å². The van der Waals surface area contributed by atoms with Gasteiger partial charge < -0.3 is 15.0 Å². The molecule has 1 aromatic carbocycles. The topological polar surface area (TPSA) is 96.0 Å². The molecular formula is C23H33N3O5. The Morgan fingerprint density at radius 1 is 1.06 bits per heavy atom. The maximum absolute atomic E-state index is 12.9. The number of hydrogen-bond donors (Lipinski definition) is 1. The predicted octanol–water partition coefficient (Wildman–Crippen LogP) is 2.45. The molecule has 0 aliphatic carbocycles. The highest BCUT2D eigenvalue weighted by Crippen LogP contribution is 2.28. The lowest BCUT2D eigenvalue weighted by atomic mass is 9.91. The Labute approximate surface area is 183 Å². The Bertz CT molecular complexity index is 824. The number of aryl methyl sites for hydroxylation is 1. The van der Waals surface area contributed by atoms with Gasteiger partial charge in [-0.25, -0.2) is 4.79 Å². The summed E-state index contributed by atoms with van der Waals surface area (Å²) in [6, 6.07) is 6.57. The Morgan fingerprint density at radius 3 is 2.13 bits per heavy atom. The Hall–Kier alpha value is -2.90. The number of amides is 4. The molecule has 0 bridgehead atoms. The summed E-state index contributed by atoms with van der Waals surface area (Å²) >= 11 is 0. The van der Waals surface area contributed by atoms with Gasteiger partial charge >= 0.3 is 12.0 Å². The van der Waals surface area contributed by atoms with Gasteiger partial charge in [-0.05, 0) is 31.2 Å². The van der Waals surface area contributed by atoms with E-state index in [1.165, 1.54) is 0 Å². The van der Waals surface area contributed by atoms with E-state index >= 15 is 0 Å². The first kappa shape index (κ1) is 24.4. The van der Waals surface area contributed by atoms with Crippen LogP contribution in [-0.4, -0.2) is 59.9 Å². The summed E-state index contributed by atoms with van der Waals surface area (Å²) in [5.74, 6) is -1.07. The molecule has 0 unspecified atom stereocenters. The summed E-state index contributed by atoms with van der Waals surface area (Å²) in [5, 5.41) is 2.65. The average Bonchev–Trinajstić information content (AvgIpc) is 2.89. The van der Waals surface area contributed by atoms with Crippen LogP contribution in [0.2, 0.25) is 0 Å². The van der Waals surface area contributed by atoms with Crippen LogP contribution < -0.4 is 5.32 Å². The summed E-state index contributed by atoms with van der Waals surface area (Å²) in [6.07, 6.45) is 0. The van der Waals surface area contributed by atoms with Crippen molar-refractivity contribution in [3.05, 3.63) is 35.4 Å². The second kappa shape index (κ2) is 9.94. The molecule has 8 nitrogen and oxygen atoms in total. The number of nitrogens with one attached hydrogen (secondary N) is 1. The number of imide groups is 1. The molecule has 2 rings (SSSR count). The van der Waals surface area contributed by atoms with E-state index in [9.17, 15) is 19.2 Å². The molecule has 4 amide bonds. The molecule has 0 aromatic heterocycles. The van der Waals surface area contributed by atoms with Crippen molar-refractivity contribution in [2.24, 2.45) is 11.8 Å². The van der Waals surface area contributed by atoms with Gasteiger partial charge in [-0.15, -0.1) is 0 Å². The van der Waals surface area contributed by atoms with Gasteiger partial charge in [0.2, 0.25) is 0 Å². The quantitative estimate of drug-likeness (QED) is 0.479. The molecule has 1 fully saturated rings. The van der Waals surface area contributed by atoms with Crippen LogP contribution in [0.25, 0.3) is 0 Å². The van der Waals surface area contributed by atoms with Gasteiger partial charge in [0.25, 0.3) is 11.8 Å². The molecule has 0 spiro atoms. The van der Waals surface area contributed by atoms with Gasteiger partial charge in [-0.1, -0.05) is 57.5 Å². The molecule has 8 heteroatoms. The summed E-state index contributed by atoms with van der Waals surface area (Å²) in [7, 11) is 0. The minimum Gasteiger partial charge on any atom is -0.454 e. The molecule has 1 aromatic rings. The third-order valence-corrected chi connectivity index (χ3v) is 5.07. The fourth-order valence-corrected chi connectivity index (χ4v) is 3.49. The van der Waals surface area contributed by atoms with Crippen molar-refractivity contribution < 1.29 is 23.9 Å². The largest absolute Gasteiger partial charge is 0.454 e. The first-order valence-corrected chi connectivity index (χ1v) is 10.6. The number of ether oxygens (including phenoxy) is 1. The lowest BCUT2D eigenvalue weighted by Crippen LogP contribution is -2.42. The molecular weight excluding hydrogens is 398 g/mol. The smallest absolute Gasteiger partial charge is 0.326 e. The summed E-state index contributed by atoms with van der Waals surface area (Å²) in [5.41, 5.74) is 0.394. The van der Waals surface area contributed by atoms with E-state index in [2.05, 4.69) is 5.32 Å². The molecule has 1 N–H and O–H groups in total. The van der Waals surface area contributed by atoms with Gasteiger partial charge in [0.1, 0.15) is 12.1 Å². The van der Waals surface area contributed by atoms with Gasteiger partial charge in [-0.2, -0.15) is 0 Å². The third-order valence-electron chi connectivity index (χ3n) is 5.07. The number of carbonyl (C=O) groups excluding carboxylic acids is 4. The highest BCUT2D eigenvalue weighted by molar-refractivity contribution is 6.08. The van der Waals surface area contributed by atoms with Crippen molar-refractivity contribution in [1.82, 2.24) is 15.1 Å².